The molecule has 1 atom stereocenters. The van der Waals surface area contributed by atoms with Gasteiger partial charge >= 0.3 is 12.4 Å². The maximum Gasteiger partial charge on any atom is 0.416 e. The van der Waals surface area contributed by atoms with Gasteiger partial charge in [-0.15, -0.1) is 0 Å². The second-order valence-corrected chi connectivity index (χ2v) is 9.71. The molecule has 13 heteroatoms. The van der Waals surface area contributed by atoms with E-state index in [4.69, 9.17) is 9.47 Å². The Balaban J connectivity index is 1.50. The number of aliphatic imine (C=N–C) groups is 1. The van der Waals surface area contributed by atoms with Crippen molar-refractivity contribution in [1.82, 2.24) is 10.2 Å². The second kappa shape index (κ2) is 11.4. The number of alkyl halides is 6. The third-order valence-electron chi connectivity index (χ3n) is 6.02. The fourth-order valence-electron chi connectivity index (χ4n) is 3.97. The number of amides is 1. The minimum atomic E-state index is -5.01. The topological polar surface area (TPSA) is 63.2 Å². The van der Waals surface area contributed by atoms with Crippen molar-refractivity contribution in [3.63, 3.8) is 0 Å². The van der Waals surface area contributed by atoms with Crippen LogP contribution in [0.2, 0.25) is 0 Å². The summed E-state index contributed by atoms with van der Waals surface area (Å²) in [6.07, 6.45) is -8.38. The lowest BCUT2D eigenvalue weighted by molar-refractivity contribution is -0.143. The van der Waals surface area contributed by atoms with Gasteiger partial charge in [0, 0.05) is 31.2 Å². The number of carbonyl (C=O) groups excluding carboxylic acids is 1. The summed E-state index contributed by atoms with van der Waals surface area (Å²) in [7, 11) is 1.33. The fraction of sp³-hybridized carbons (Fsp3) is 0.346. The summed E-state index contributed by atoms with van der Waals surface area (Å²) in [4.78, 5) is 18.9. The standard InChI is InChI=1S/C26H23F6N3O3S/c1-15-13-33-9-10-35(15)24-34-23(36)22(39-24)8-4-16-3-7-20(21(11-16)37-2)38-14-17-5-6-18(25(27,28)29)12-19(17)26(30,31)32/h3-7,11-12,15,33H,9-10,13-14H2,1-2H3. The van der Waals surface area contributed by atoms with Gasteiger partial charge in [0.05, 0.1) is 18.2 Å². The van der Waals surface area contributed by atoms with E-state index in [1.807, 2.05) is 6.92 Å². The Hall–Kier alpha value is -3.41. The summed E-state index contributed by atoms with van der Waals surface area (Å²) in [5.74, 6) is -0.145. The summed E-state index contributed by atoms with van der Waals surface area (Å²) >= 11 is 1.23. The zero-order valence-corrected chi connectivity index (χ0v) is 21.6. The zero-order valence-electron chi connectivity index (χ0n) is 20.7. The molecule has 0 aliphatic carbocycles. The molecule has 0 bridgehead atoms. The lowest BCUT2D eigenvalue weighted by Crippen LogP contribution is -2.51. The molecule has 6 nitrogen and oxygen atoms in total. The first-order valence-electron chi connectivity index (χ1n) is 11.7. The molecule has 2 aliphatic rings. The second-order valence-electron chi connectivity index (χ2n) is 8.73. The molecule has 2 aromatic rings. The summed E-state index contributed by atoms with van der Waals surface area (Å²) < 4.78 is 89.8. The predicted molar refractivity (Wildman–Crippen MR) is 134 cm³/mol. The lowest BCUT2D eigenvalue weighted by atomic mass is 10.0. The number of hydrogen-bond donors (Lipinski definition) is 1. The fourth-order valence-corrected chi connectivity index (χ4v) is 4.93. The van der Waals surface area contributed by atoms with E-state index in [0.29, 0.717) is 21.7 Å². The van der Waals surface area contributed by atoms with E-state index in [9.17, 15) is 31.1 Å². The van der Waals surface area contributed by atoms with Crippen molar-refractivity contribution in [2.24, 2.45) is 4.99 Å². The highest BCUT2D eigenvalue weighted by atomic mass is 32.2. The number of nitrogens with zero attached hydrogens (tertiary/aromatic N) is 2. The first kappa shape index (κ1) is 28.6. The number of halogens is 6. The molecular formula is C26H23F6N3O3S. The van der Waals surface area contributed by atoms with E-state index < -0.39 is 41.6 Å². The number of carbonyl (C=O) groups is 1. The highest BCUT2D eigenvalue weighted by molar-refractivity contribution is 8.18. The molecule has 39 heavy (non-hydrogen) atoms. The quantitative estimate of drug-likeness (QED) is 0.281. The molecule has 0 spiro atoms. The molecule has 1 fully saturated rings. The number of benzene rings is 2. The third-order valence-corrected chi connectivity index (χ3v) is 7.02. The SMILES string of the molecule is COc1cc(C=C=C2SC(N3CCNCC3C)=NC2=O)ccc1OCc1ccc(C(F)(F)F)cc1C(F)(F)F. The number of amidine groups is 1. The van der Waals surface area contributed by atoms with Crippen LogP contribution in [0.5, 0.6) is 11.5 Å². The highest BCUT2D eigenvalue weighted by Gasteiger charge is 2.38. The van der Waals surface area contributed by atoms with Crippen molar-refractivity contribution >= 4 is 28.9 Å². The van der Waals surface area contributed by atoms with Crippen molar-refractivity contribution in [1.29, 1.82) is 0 Å². The van der Waals surface area contributed by atoms with Crippen LogP contribution in [-0.2, 0) is 23.8 Å². The van der Waals surface area contributed by atoms with Gasteiger partial charge in [-0.1, -0.05) is 17.9 Å². The average Bonchev–Trinajstić information content (AvgIpc) is 3.25. The molecule has 2 heterocycles. The van der Waals surface area contributed by atoms with E-state index in [-0.39, 0.29) is 23.6 Å². The molecule has 1 saturated heterocycles. The Bertz CT molecular complexity index is 1350. The first-order valence-corrected chi connectivity index (χ1v) is 12.5. The minimum Gasteiger partial charge on any atom is -0.493 e. The van der Waals surface area contributed by atoms with Gasteiger partial charge in [0.25, 0.3) is 5.91 Å². The summed E-state index contributed by atoms with van der Waals surface area (Å²) in [6.45, 7) is 3.70. The van der Waals surface area contributed by atoms with Gasteiger partial charge in [0.1, 0.15) is 11.5 Å². The smallest absolute Gasteiger partial charge is 0.416 e. The molecule has 0 radical (unpaired) electrons. The van der Waals surface area contributed by atoms with Gasteiger partial charge < -0.3 is 19.7 Å². The van der Waals surface area contributed by atoms with Crippen LogP contribution in [0.25, 0.3) is 6.08 Å². The van der Waals surface area contributed by atoms with E-state index >= 15 is 0 Å². The van der Waals surface area contributed by atoms with Crippen LogP contribution in [0.15, 0.2) is 52.0 Å². The van der Waals surface area contributed by atoms with Crippen LogP contribution in [-0.4, -0.2) is 48.8 Å². The number of thioether (sulfide) groups is 1. The molecule has 0 saturated carbocycles. The monoisotopic (exact) mass is 571 g/mol. The molecule has 208 valence electrons. The largest absolute Gasteiger partial charge is 0.493 e. The average molecular weight is 572 g/mol. The lowest BCUT2D eigenvalue weighted by Gasteiger charge is -2.34. The van der Waals surface area contributed by atoms with Crippen molar-refractivity contribution in [2.75, 3.05) is 26.7 Å². The van der Waals surface area contributed by atoms with Gasteiger partial charge in [0.15, 0.2) is 16.7 Å². The van der Waals surface area contributed by atoms with E-state index in [1.165, 1.54) is 31.0 Å². The van der Waals surface area contributed by atoms with Gasteiger partial charge in [0.2, 0.25) is 0 Å². The van der Waals surface area contributed by atoms with Crippen molar-refractivity contribution < 1.29 is 40.6 Å². The Kier molecular flexibility index (Phi) is 8.34. The molecular weight excluding hydrogens is 548 g/mol. The van der Waals surface area contributed by atoms with Crippen LogP contribution in [0, 0.1) is 0 Å². The summed E-state index contributed by atoms with van der Waals surface area (Å²) in [5, 5.41) is 3.89. The van der Waals surface area contributed by atoms with E-state index in [2.05, 4.69) is 20.9 Å². The number of rotatable bonds is 5. The van der Waals surface area contributed by atoms with Gasteiger partial charge in [-0.05, 0) is 54.6 Å². The Morgan fingerprint density at radius 1 is 1.13 bits per heavy atom. The maximum atomic E-state index is 13.4. The van der Waals surface area contributed by atoms with Crippen LogP contribution in [0.4, 0.5) is 26.3 Å². The number of nitrogens with one attached hydrogen (secondary N) is 1. The maximum absolute atomic E-state index is 13.4. The van der Waals surface area contributed by atoms with Crippen molar-refractivity contribution in [3.8, 4) is 11.5 Å². The number of methoxy groups -OCH3 is 1. The zero-order chi connectivity index (χ0) is 28.4. The predicted octanol–water partition coefficient (Wildman–Crippen LogP) is 5.73. The third kappa shape index (κ3) is 6.78. The first-order chi connectivity index (χ1) is 18.4. The molecule has 1 amide bonds. The highest BCUT2D eigenvalue weighted by Crippen LogP contribution is 2.38. The van der Waals surface area contributed by atoms with Crippen molar-refractivity contribution in [2.45, 2.75) is 31.9 Å². The molecule has 4 rings (SSSR count). The Morgan fingerprint density at radius 3 is 2.56 bits per heavy atom. The molecule has 0 aromatic heterocycles. The number of ether oxygens (including phenoxy) is 2. The normalized spacial score (nSPS) is 18.1. The van der Waals surface area contributed by atoms with Gasteiger partial charge in [-0.25, -0.2) is 0 Å². The van der Waals surface area contributed by atoms with Crippen LogP contribution >= 0.6 is 11.8 Å². The van der Waals surface area contributed by atoms with Crippen LogP contribution in [0.1, 0.15) is 29.2 Å². The van der Waals surface area contributed by atoms with Gasteiger partial charge in [-0.2, -0.15) is 31.3 Å². The Morgan fingerprint density at radius 2 is 1.90 bits per heavy atom. The molecule has 1 unspecified atom stereocenters. The minimum absolute atomic E-state index is 0.0671. The Labute approximate surface area is 224 Å². The van der Waals surface area contributed by atoms with E-state index in [0.717, 1.165) is 25.7 Å². The summed E-state index contributed by atoms with van der Waals surface area (Å²) in [5.41, 5.74) is 0.206. The number of hydrogen-bond acceptors (Lipinski definition) is 6. The van der Waals surface area contributed by atoms with Crippen molar-refractivity contribution in [3.05, 3.63) is 69.3 Å². The van der Waals surface area contributed by atoms with Crippen LogP contribution < -0.4 is 14.8 Å². The van der Waals surface area contributed by atoms with E-state index in [1.54, 1.807) is 12.1 Å². The summed E-state index contributed by atoms with van der Waals surface area (Å²) in [6, 6.07) is 6.13. The van der Waals surface area contributed by atoms with Crippen LogP contribution in [0.3, 0.4) is 0 Å². The van der Waals surface area contributed by atoms with Gasteiger partial charge in [-0.3, -0.25) is 4.79 Å². The number of piperazine rings is 1. The molecule has 2 aliphatic heterocycles. The molecule has 2 aromatic carbocycles. The molecule has 1 N–H and O–H groups in total.